The number of hydrogen-bond acceptors (Lipinski definition) is 4. The van der Waals surface area contributed by atoms with Gasteiger partial charge in [0.05, 0.1) is 5.69 Å². The van der Waals surface area contributed by atoms with E-state index in [9.17, 15) is 0 Å². The molecule has 1 aliphatic rings. The minimum Gasteiger partial charge on any atom is -0.308 e. The van der Waals surface area contributed by atoms with Crippen LogP contribution in [0.5, 0.6) is 0 Å². The van der Waals surface area contributed by atoms with E-state index in [0.29, 0.717) is 12.0 Å². The van der Waals surface area contributed by atoms with Crippen molar-refractivity contribution >= 4 is 0 Å². The molecule has 1 N–H and O–H groups in total. The molecular formula is C11H21N5. The van der Waals surface area contributed by atoms with Crippen molar-refractivity contribution < 1.29 is 0 Å². The predicted octanol–water partition coefficient (Wildman–Crippen LogP) is 0.245. The highest BCUT2D eigenvalue weighted by Gasteiger charge is 2.23. The molecule has 1 aromatic rings. The van der Waals surface area contributed by atoms with Crippen molar-refractivity contribution in [3.05, 3.63) is 11.9 Å². The van der Waals surface area contributed by atoms with Gasteiger partial charge in [-0.3, -0.25) is 4.68 Å². The van der Waals surface area contributed by atoms with Crippen LogP contribution >= 0.6 is 0 Å². The average molecular weight is 223 g/mol. The zero-order valence-electron chi connectivity index (χ0n) is 10.3. The van der Waals surface area contributed by atoms with Crippen LogP contribution in [-0.2, 0) is 13.6 Å². The van der Waals surface area contributed by atoms with Gasteiger partial charge in [0.25, 0.3) is 0 Å². The average Bonchev–Trinajstić information content (AvgIpc) is 2.63. The van der Waals surface area contributed by atoms with Crippen LogP contribution in [0, 0.1) is 5.92 Å². The maximum absolute atomic E-state index is 4.08. The van der Waals surface area contributed by atoms with Crippen molar-refractivity contribution in [1.82, 2.24) is 25.2 Å². The van der Waals surface area contributed by atoms with E-state index < -0.39 is 0 Å². The maximum Gasteiger partial charge on any atom is 0.0964 e. The van der Waals surface area contributed by atoms with Gasteiger partial charge in [-0.25, -0.2) is 0 Å². The number of nitrogens with one attached hydrogen (secondary N) is 1. The Morgan fingerprint density at radius 2 is 2.31 bits per heavy atom. The first kappa shape index (κ1) is 11.5. The highest BCUT2D eigenvalue weighted by molar-refractivity contribution is 4.93. The van der Waals surface area contributed by atoms with Crippen LogP contribution in [0.4, 0.5) is 0 Å². The van der Waals surface area contributed by atoms with E-state index in [-0.39, 0.29) is 0 Å². The van der Waals surface area contributed by atoms with Crippen LogP contribution in [0.25, 0.3) is 0 Å². The van der Waals surface area contributed by atoms with E-state index in [1.54, 1.807) is 4.68 Å². The van der Waals surface area contributed by atoms with Gasteiger partial charge in [0.15, 0.2) is 0 Å². The predicted molar refractivity (Wildman–Crippen MR) is 62.9 cm³/mol. The number of nitrogens with zero attached hydrogens (tertiary/aromatic N) is 4. The van der Waals surface area contributed by atoms with Crippen LogP contribution in [0.3, 0.4) is 0 Å². The summed E-state index contributed by atoms with van der Waals surface area (Å²) >= 11 is 0. The standard InChI is InChI=1S/C11H21N5/c1-9-7-15(2)5-4-11(9)12-6-10-8-16(3)14-13-10/h8-9,11-12H,4-7H2,1-3H3. The lowest BCUT2D eigenvalue weighted by Gasteiger charge is -2.35. The van der Waals surface area contributed by atoms with Gasteiger partial charge in [-0.2, -0.15) is 0 Å². The summed E-state index contributed by atoms with van der Waals surface area (Å²) < 4.78 is 1.75. The van der Waals surface area contributed by atoms with E-state index in [1.165, 1.54) is 19.5 Å². The summed E-state index contributed by atoms with van der Waals surface area (Å²) in [4.78, 5) is 2.39. The molecule has 0 spiro atoms. The molecule has 0 aliphatic carbocycles. The molecular weight excluding hydrogens is 202 g/mol. The Bertz CT molecular complexity index is 335. The first-order chi connectivity index (χ1) is 7.65. The SMILES string of the molecule is CC1CN(C)CCC1NCc1cn(C)nn1. The normalized spacial score (nSPS) is 27.2. The van der Waals surface area contributed by atoms with Crippen molar-refractivity contribution in [1.29, 1.82) is 0 Å². The molecule has 5 heteroatoms. The Kier molecular flexibility index (Phi) is 3.56. The summed E-state index contributed by atoms with van der Waals surface area (Å²) in [7, 11) is 4.09. The molecule has 0 aromatic carbocycles. The lowest BCUT2D eigenvalue weighted by molar-refractivity contribution is 0.174. The smallest absolute Gasteiger partial charge is 0.0964 e. The largest absolute Gasteiger partial charge is 0.308 e. The highest BCUT2D eigenvalue weighted by atomic mass is 15.4. The molecule has 0 bridgehead atoms. The molecule has 5 nitrogen and oxygen atoms in total. The molecule has 1 aliphatic heterocycles. The van der Waals surface area contributed by atoms with Crippen molar-refractivity contribution in [2.75, 3.05) is 20.1 Å². The Balaban J connectivity index is 1.81. The molecule has 16 heavy (non-hydrogen) atoms. The van der Waals surface area contributed by atoms with Gasteiger partial charge < -0.3 is 10.2 Å². The molecule has 1 aromatic heterocycles. The molecule has 1 fully saturated rings. The maximum atomic E-state index is 4.08. The molecule has 0 saturated carbocycles. The fourth-order valence-electron chi connectivity index (χ4n) is 2.37. The first-order valence-corrected chi connectivity index (χ1v) is 5.92. The monoisotopic (exact) mass is 223 g/mol. The summed E-state index contributed by atoms with van der Waals surface area (Å²) in [6.45, 7) is 5.50. The van der Waals surface area contributed by atoms with E-state index in [2.05, 4.69) is 34.5 Å². The van der Waals surface area contributed by atoms with E-state index in [1.807, 2.05) is 13.2 Å². The second-order valence-corrected chi connectivity index (χ2v) is 4.90. The van der Waals surface area contributed by atoms with Gasteiger partial charge in [0, 0.05) is 32.4 Å². The summed E-state index contributed by atoms with van der Waals surface area (Å²) in [5, 5.41) is 11.6. The van der Waals surface area contributed by atoms with Gasteiger partial charge in [-0.15, -0.1) is 5.10 Å². The third kappa shape index (κ3) is 2.80. The zero-order chi connectivity index (χ0) is 11.5. The first-order valence-electron chi connectivity index (χ1n) is 5.92. The number of likely N-dealkylation sites (tertiary alicyclic amines) is 1. The van der Waals surface area contributed by atoms with E-state index in [4.69, 9.17) is 0 Å². The topological polar surface area (TPSA) is 46.0 Å². The number of piperidine rings is 1. The van der Waals surface area contributed by atoms with Crippen LogP contribution in [-0.4, -0.2) is 46.1 Å². The molecule has 2 heterocycles. The van der Waals surface area contributed by atoms with Crippen molar-refractivity contribution in [3.8, 4) is 0 Å². The molecule has 90 valence electrons. The van der Waals surface area contributed by atoms with Crippen LogP contribution < -0.4 is 5.32 Å². The second kappa shape index (κ2) is 4.93. The van der Waals surface area contributed by atoms with Gasteiger partial charge >= 0.3 is 0 Å². The second-order valence-electron chi connectivity index (χ2n) is 4.90. The van der Waals surface area contributed by atoms with E-state index in [0.717, 1.165) is 12.2 Å². The molecule has 1 saturated heterocycles. The quantitative estimate of drug-likeness (QED) is 0.797. The lowest BCUT2D eigenvalue weighted by Crippen LogP contribution is -2.46. The third-order valence-corrected chi connectivity index (χ3v) is 3.30. The summed E-state index contributed by atoms with van der Waals surface area (Å²) in [5.74, 6) is 0.704. The summed E-state index contributed by atoms with van der Waals surface area (Å²) in [5.41, 5.74) is 1.02. The Labute approximate surface area is 96.8 Å². The van der Waals surface area contributed by atoms with Crippen molar-refractivity contribution in [3.63, 3.8) is 0 Å². The van der Waals surface area contributed by atoms with Gasteiger partial charge in [0.2, 0.25) is 0 Å². The highest BCUT2D eigenvalue weighted by Crippen LogP contribution is 2.15. The minimum absolute atomic E-state index is 0.609. The number of aryl methyl sites for hydroxylation is 1. The van der Waals surface area contributed by atoms with Crippen LogP contribution in [0.1, 0.15) is 19.0 Å². The van der Waals surface area contributed by atoms with Crippen LogP contribution in [0.15, 0.2) is 6.20 Å². The Morgan fingerprint density at radius 3 is 2.94 bits per heavy atom. The molecule has 2 atom stereocenters. The van der Waals surface area contributed by atoms with Gasteiger partial charge in [-0.05, 0) is 25.9 Å². The number of aromatic nitrogens is 3. The third-order valence-electron chi connectivity index (χ3n) is 3.30. The minimum atomic E-state index is 0.609. The van der Waals surface area contributed by atoms with Crippen LogP contribution in [0.2, 0.25) is 0 Å². The summed E-state index contributed by atoms with van der Waals surface area (Å²) in [6.07, 6.45) is 3.19. The fraction of sp³-hybridized carbons (Fsp3) is 0.818. The fourth-order valence-corrected chi connectivity index (χ4v) is 2.37. The van der Waals surface area contributed by atoms with Crippen molar-refractivity contribution in [2.45, 2.75) is 25.9 Å². The Hall–Kier alpha value is -0.940. The van der Waals surface area contributed by atoms with E-state index >= 15 is 0 Å². The lowest BCUT2D eigenvalue weighted by atomic mass is 9.94. The zero-order valence-corrected chi connectivity index (χ0v) is 10.3. The van der Waals surface area contributed by atoms with Gasteiger partial charge in [-0.1, -0.05) is 12.1 Å². The number of rotatable bonds is 3. The Morgan fingerprint density at radius 1 is 1.50 bits per heavy atom. The molecule has 0 amide bonds. The molecule has 2 unspecified atom stereocenters. The van der Waals surface area contributed by atoms with Crippen molar-refractivity contribution in [2.24, 2.45) is 13.0 Å². The molecule has 2 rings (SSSR count). The molecule has 0 radical (unpaired) electrons. The number of hydrogen-bond donors (Lipinski definition) is 1. The summed E-state index contributed by atoms with van der Waals surface area (Å²) in [6, 6.07) is 0.609. The van der Waals surface area contributed by atoms with Gasteiger partial charge in [0.1, 0.15) is 0 Å².